The second-order valence-electron chi connectivity index (χ2n) is 2.58. The van der Waals surface area contributed by atoms with Gasteiger partial charge in [-0.15, -0.1) is 12.4 Å². The molecule has 0 aromatic heterocycles. The Morgan fingerprint density at radius 2 is 1.77 bits per heavy atom. The van der Waals surface area contributed by atoms with Gasteiger partial charge < -0.3 is 0 Å². The van der Waals surface area contributed by atoms with E-state index in [9.17, 15) is 8.42 Å². The summed E-state index contributed by atoms with van der Waals surface area (Å²) in [5.74, 6) is 0. The average molecular weight is 222 g/mol. The largest absolute Gasteiger partial charge is 0.213 e. The maximum Gasteiger partial charge on any atom is 0.209 e. The van der Waals surface area contributed by atoms with Gasteiger partial charge in [-0.3, -0.25) is 0 Å². The molecule has 5 heteroatoms. The summed E-state index contributed by atoms with van der Waals surface area (Å²) < 4.78 is 23.8. The standard InChI is InChI=1S/C8H11NO2S.ClH/c1-12(10,11)9-7-8-5-3-2-4-6-8;/h2-6,9H,7H2,1H3;1H. The Labute approximate surface area is 84.6 Å². The van der Waals surface area contributed by atoms with Gasteiger partial charge in [0, 0.05) is 6.54 Å². The van der Waals surface area contributed by atoms with Crippen molar-refractivity contribution in [3.05, 3.63) is 35.9 Å². The fourth-order valence-corrected chi connectivity index (χ4v) is 1.24. The van der Waals surface area contributed by atoms with Crippen LogP contribution in [0.15, 0.2) is 30.3 Å². The lowest BCUT2D eigenvalue weighted by Crippen LogP contribution is -2.20. The molecule has 0 saturated heterocycles. The summed E-state index contributed by atoms with van der Waals surface area (Å²) in [7, 11) is -3.07. The van der Waals surface area contributed by atoms with Crippen molar-refractivity contribution in [2.24, 2.45) is 0 Å². The highest BCUT2D eigenvalue weighted by atomic mass is 35.5. The Morgan fingerprint density at radius 1 is 1.23 bits per heavy atom. The van der Waals surface area contributed by atoms with Crippen LogP contribution in [0, 0.1) is 0 Å². The molecule has 0 saturated carbocycles. The Morgan fingerprint density at radius 3 is 2.23 bits per heavy atom. The minimum Gasteiger partial charge on any atom is -0.213 e. The van der Waals surface area contributed by atoms with Crippen molar-refractivity contribution in [2.75, 3.05) is 6.26 Å². The lowest BCUT2D eigenvalue weighted by molar-refractivity contribution is 0.587. The molecule has 1 rings (SSSR count). The molecule has 74 valence electrons. The first-order valence-electron chi connectivity index (χ1n) is 3.56. The van der Waals surface area contributed by atoms with Crippen LogP contribution in [0.3, 0.4) is 0 Å². The predicted octanol–water partition coefficient (Wildman–Crippen LogP) is 1.16. The van der Waals surface area contributed by atoms with Crippen LogP contribution in [0.1, 0.15) is 5.56 Å². The fourth-order valence-electron chi connectivity index (χ4n) is 0.810. The summed E-state index contributed by atoms with van der Waals surface area (Å²) in [5, 5.41) is 0. The van der Waals surface area contributed by atoms with Crippen molar-refractivity contribution in [1.29, 1.82) is 0 Å². The molecule has 0 radical (unpaired) electrons. The third-order valence-corrected chi connectivity index (χ3v) is 2.05. The zero-order chi connectivity index (χ0) is 9.03. The molecular formula is C8H12ClNO2S. The molecule has 0 amide bonds. The summed E-state index contributed by atoms with van der Waals surface area (Å²) >= 11 is 0. The smallest absolute Gasteiger partial charge is 0.209 e. The zero-order valence-corrected chi connectivity index (χ0v) is 8.86. The molecule has 1 N–H and O–H groups in total. The highest BCUT2D eigenvalue weighted by molar-refractivity contribution is 7.88. The minimum absolute atomic E-state index is 0. The number of halogens is 1. The van der Waals surface area contributed by atoms with Crippen molar-refractivity contribution in [3.63, 3.8) is 0 Å². The van der Waals surface area contributed by atoms with Crippen LogP contribution in [-0.4, -0.2) is 14.7 Å². The van der Waals surface area contributed by atoms with E-state index in [0.29, 0.717) is 6.54 Å². The Hall–Kier alpha value is -0.580. The van der Waals surface area contributed by atoms with Crippen molar-refractivity contribution < 1.29 is 8.42 Å². The van der Waals surface area contributed by atoms with Crippen LogP contribution >= 0.6 is 12.4 Å². The van der Waals surface area contributed by atoms with Crippen LogP contribution in [0.4, 0.5) is 0 Å². The van der Waals surface area contributed by atoms with Crippen LogP contribution in [0.5, 0.6) is 0 Å². The monoisotopic (exact) mass is 221 g/mol. The first-order valence-corrected chi connectivity index (χ1v) is 5.45. The van der Waals surface area contributed by atoms with Gasteiger partial charge in [-0.05, 0) is 5.56 Å². The number of hydrogen-bond acceptors (Lipinski definition) is 2. The van der Waals surface area contributed by atoms with Crippen LogP contribution in [0.2, 0.25) is 0 Å². The van der Waals surface area contributed by atoms with Crippen LogP contribution in [-0.2, 0) is 16.6 Å². The summed E-state index contributed by atoms with van der Waals surface area (Å²) in [5.41, 5.74) is 0.961. The topological polar surface area (TPSA) is 46.2 Å². The van der Waals surface area contributed by atoms with Crippen molar-refractivity contribution in [3.8, 4) is 0 Å². The van der Waals surface area contributed by atoms with Crippen LogP contribution < -0.4 is 4.72 Å². The third-order valence-electron chi connectivity index (χ3n) is 1.38. The van der Waals surface area contributed by atoms with E-state index in [-0.39, 0.29) is 12.4 Å². The number of sulfonamides is 1. The van der Waals surface area contributed by atoms with E-state index in [1.165, 1.54) is 0 Å². The zero-order valence-electron chi connectivity index (χ0n) is 7.23. The molecule has 0 spiro atoms. The Kier molecular flexibility index (Phi) is 4.98. The van der Waals surface area contributed by atoms with Gasteiger partial charge >= 0.3 is 0 Å². The second-order valence-corrected chi connectivity index (χ2v) is 4.41. The highest BCUT2D eigenvalue weighted by Gasteiger charge is 1.98. The van der Waals surface area contributed by atoms with Gasteiger partial charge in [-0.1, -0.05) is 30.3 Å². The number of hydrogen-bond donors (Lipinski definition) is 1. The summed E-state index contributed by atoms with van der Waals surface area (Å²) in [4.78, 5) is 0. The van der Waals surface area contributed by atoms with Gasteiger partial charge in [0.25, 0.3) is 0 Å². The molecule has 0 aliphatic carbocycles. The summed E-state index contributed by atoms with van der Waals surface area (Å²) in [6.07, 6.45) is 1.15. The molecule has 0 unspecified atom stereocenters. The lowest BCUT2D eigenvalue weighted by atomic mass is 10.2. The molecule has 0 fully saturated rings. The van der Waals surface area contributed by atoms with E-state index >= 15 is 0 Å². The fraction of sp³-hybridized carbons (Fsp3) is 0.250. The molecule has 0 heterocycles. The molecule has 0 aliphatic rings. The minimum atomic E-state index is -3.07. The average Bonchev–Trinajstić information content (AvgIpc) is 2.02. The van der Waals surface area contributed by atoms with Gasteiger partial charge in [0.05, 0.1) is 6.26 Å². The molecule has 0 aliphatic heterocycles. The highest BCUT2D eigenvalue weighted by Crippen LogP contribution is 1.97. The van der Waals surface area contributed by atoms with Gasteiger partial charge in [0.1, 0.15) is 0 Å². The number of benzene rings is 1. The Balaban J connectivity index is 0.00000144. The molecule has 0 atom stereocenters. The quantitative estimate of drug-likeness (QED) is 0.833. The number of rotatable bonds is 3. The Bertz CT molecular complexity index is 336. The van der Waals surface area contributed by atoms with Crippen molar-refractivity contribution >= 4 is 22.4 Å². The van der Waals surface area contributed by atoms with Gasteiger partial charge in [0.15, 0.2) is 0 Å². The van der Waals surface area contributed by atoms with Gasteiger partial charge in [-0.2, -0.15) is 0 Å². The lowest BCUT2D eigenvalue weighted by Gasteiger charge is -2.00. The van der Waals surface area contributed by atoms with E-state index in [1.54, 1.807) is 0 Å². The molecular weight excluding hydrogens is 210 g/mol. The SMILES string of the molecule is CS(=O)(=O)NCc1ccccc1.Cl. The molecule has 13 heavy (non-hydrogen) atoms. The summed E-state index contributed by atoms with van der Waals surface area (Å²) in [6.45, 7) is 0.361. The molecule has 1 aromatic rings. The van der Waals surface area contributed by atoms with Gasteiger partial charge in [0.2, 0.25) is 10.0 Å². The summed E-state index contributed by atoms with van der Waals surface area (Å²) in [6, 6.07) is 9.39. The first kappa shape index (κ1) is 12.4. The van der Waals surface area contributed by atoms with Crippen molar-refractivity contribution in [1.82, 2.24) is 4.72 Å². The maximum atomic E-state index is 10.7. The van der Waals surface area contributed by atoms with Gasteiger partial charge in [-0.25, -0.2) is 13.1 Å². The van der Waals surface area contributed by atoms with Crippen LogP contribution in [0.25, 0.3) is 0 Å². The second kappa shape index (κ2) is 5.21. The van der Waals surface area contributed by atoms with E-state index in [0.717, 1.165) is 11.8 Å². The van der Waals surface area contributed by atoms with E-state index in [1.807, 2.05) is 30.3 Å². The van der Waals surface area contributed by atoms with E-state index in [2.05, 4.69) is 4.72 Å². The maximum absolute atomic E-state index is 10.7. The van der Waals surface area contributed by atoms with E-state index < -0.39 is 10.0 Å². The normalized spacial score (nSPS) is 10.5. The molecule has 1 aromatic carbocycles. The molecule has 3 nitrogen and oxygen atoms in total. The predicted molar refractivity (Wildman–Crippen MR) is 55.4 cm³/mol. The van der Waals surface area contributed by atoms with Crippen molar-refractivity contribution in [2.45, 2.75) is 6.54 Å². The molecule has 0 bridgehead atoms. The number of nitrogens with one attached hydrogen (secondary N) is 1. The van der Waals surface area contributed by atoms with E-state index in [4.69, 9.17) is 0 Å². The third kappa shape index (κ3) is 5.63. The first-order chi connectivity index (χ1) is 5.58.